The Bertz CT molecular complexity index is 737. The van der Waals surface area contributed by atoms with Gasteiger partial charge in [0.2, 0.25) is 5.91 Å². The van der Waals surface area contributed by atoms with Gasteiger partial charge in [-0.3, -0.25) is 4.79 Å². The molecule has 25 heavy (non-hydrogen) atoms. The third-order valence-corrected chi connectivity index (χ3v) is 4.68. The van der Waals surface area contributed by atoms with Gasteiger partial charge in [0.25, 0.3) is 0 Å². The van der Waals surface area contributed by atoms with Crippen LogP contribution in [0.4, 0.5) is 8.78 Å². The van der Waals surface area contributed by atoms with Crippen molar-refractivity contribution in [1.29, 1.82) is 0 Å². The molecule has 0 saturated heterocycles. The zero-order chi connectivity index (χ0) is 18.0. The van der Waals surface area contributed by atoms with Crippen LogP contribution < -0.4 is 5.32 Å². The Morgan fingerprint density at radius 2 is 1.64 bits per heavy atom. The Morgan fingerprint density at radius 1 is 1.12 bits per heavy atom. The number of halogens is 2. The summed E-state index contributed by atoms with van der Waals surface area (Å²) < 4.78 is 26.2. The number of benzene rings is 2. The predicted molar refractivity (Wildman–Crippen MR) is 90.8 cm³/mol. The summed E-state index contributed by atoms with van der Waals surface area (Å²) in [5.74, 6) is -0.992. The number of hydrogen-bond donors (Lipinski definition) is 2. The van der Waals surface area contributed by atoms with Crippen molar-refractivity contribution in [2.75, 3.05) is 6.54 Å². The molecule has 5 heteroatoms. The third kappa shape index (κ3) is 4.23. The van der Waals surface area contributed by atoms with Crippen molar-refractivity contribution in [3.05, 3.63) is 71.3 Å². The molecule has 2 aromatic rings. The van der Waals surface area contributed by atoms with Crippen LogP contribution in [0.15, 0.2) is 48.5 Å². The third-order valence-electron chi connectivity index (χ3n) is 4.68. The van der Waals surface area contributed by atoms with Crippen LogP contribution >= 0.6 is 0 Å². The molecule has 1 aliphatic rings. The van der Waals surface area contributed by atoms with E-state index in [4.69, 9.17) is 0 Å². The zero-order valence-electron chi connectivity index (χ0n) is 14.0. The maximum absolute atomic E-state index is 13.1. The number of amides is 1. The van der Waals surface area contributed by atoms with E-state index in [2.05, 4.69) is 5.32 Å². The molecule has 2 aromatic carbocycles. The summed E-state index contributed by atoms with van der Waals surface area (Å²) in [4.78, 5) is 12.7. The Kier molecular flexibility index (Phi) is 4.86. The van der Waals surface area contributed by atoms with Crippen molar-refractivity contribution in [2.24, 2.45) is 5.92 Å². The molecule has 1 amide bonds. The van der Waals surface area contributed by atoms with Gasteiger partial charge in [-0.05, 0) is 61.1 Å². The SMILES string of the molecule is CC(O)(CNC(=O)C(c1ccc(F)cc1)C1CC1)c1ccc(F)cc1. The molecule has 1 saturated carbocycles. The first-order chi connectivity index (χ1) is 11.9. The minimum atomic E-state index is -1.31. The summed E-state index contributed by atoms with van der Waals surface area (Å²) >= 11 is 0. The topological polar surface area (TPSA) is 49.3 Å². The van der Waals surface area contributed by atoms with Crippen molar-refractivity contribution in [3.63, 3.8) is 0 Å². The van der Waals surface area contributed by atoms with E-state index in [0.717, 1.165) is 18.4 Å². The summed E-state index contributed by atoms with van der Waals surface area (Å²) in [5, 5.41) is 13.4. The maximum atomic E-state index is 13.1. The first-order valence-electron chi connectivity index (χ1n) is 8.38. The van der Waals surface area contributed by atoms with E-state index in [1.165, 1.54) is 36.4 Å². The first kappa shape index (κ1) is 17.5. The molecule has 1 fully saturated rings. The number of carbonyl (C=O) groups excluding carboxylic acids is 1. The minimum Gasteiger partial charge on any atom is -0.384 e. The van der Waals surface area contributed by atoms with E-state index in [0.29, 0.717) is 5.56 Å². The lowest BCUT2D eigenvalue weighted by atomic mass is 9.92. The highest BCUT2D eigenvalue weighted by Gasteiger charge is 2.38. The van der Waals surface area contributed by atoms with Gasteiger partial charge in [-0.25, -0.2) is 8.78 Å². The normalized spacial score (nSPS) is 17.6. The van der Waals surface area contributed by atoms with Crippen LogP contribution in [-0.2, 0) is 10.4 Å². The van der Waals surface area contributed by atoms with E-state index in [9.17, 15) is 18.7 Å². The second-order valence-corrected chi connectivity index (χ2v) is 6.87. The summed E-state index contributed by atoms with van der Waals surface area (Å²) in [5.41, 5.74) is 0.00190. The summed E-state index contributed by atoms with van der Waals surface area (Å²) in [6, 6.07) is 11.5. The molecule has 3 rings (SSSR count). The second kappa shape index (κ2) is 6.92. The van der Waals surface area contributed by atoms with Gasteiger partial charge < -0.3 is 10.4 Å². The number of aliphatic hydroxyl groups is 1. The van der Waals surface area contributed by atoms with E-state index in [1.807, 2.05) is 0 Å². The maximum Gasteiger partial charge on any atom is 0.227 e. The van der Waals surface area contributed by atoms with Gasteiger partial charge in [-0.1, -0.05) is 24.3 Å². The second-order valence-electron chi connectivity index (χ2n) is 6.87. The van der Waals surface area contributed by atoms with Crippen LogP contribution in [0.3, 0.4) is 0 Å². The lowest BCUT2D eigenvalue weighted by molar-refractivity contribution is -0.124. The molecule has 1 aliphatic carbocycles. The average Bonchev–Trinajstić information content (AvgIpc) is 3.40. The number of carbonyl (C=O) groups is 1. The van der Waals surface area contributed by atoms with E-state index in [-0.39, 0.29) is 35.9 Å². The van der Waals surface area contributed by atoms with Crippen molar-refractivity contribution in [1.82, 2.24) is 5.32 Å². The van der Waals surface area contributed by atoms with E-state index in [1.54, 1.807) is 19.1 Å². The lowest BCUT2D eigenvalue weighted by Crippen LogP contribution is -2.41. The molecular formula is C20H21F2NO2. The molecule has 2 unspecified atom stereocenters. The smallest absolute Gasteiger partial charge is 0.227 e. The molecule has 0 spiro atoms. The van der Waals surface area contributed by atoms with E-state index < -0.39 is 5.60 Å². The van der Waals surface area contributed by atoms with Gasteiger partial charge in [0.1, 0.15) is 17.2 Å². The minimum absolute atomic E-state index is 0.0158. The lowest BCUT2D eigenvalue weighted by Gasteiger charge is -2.26. The van der Waals surface area contributed by atoms with Crippen LogP contribution in [0.2, 0.25) is 0 Å². The molecular weight excluding hydrogens is 324 g/mol. The highest BCUT2D eigenvalue weighted by atomic mass is 19.1. The van der Waals surface area contributed by atoms with Gasteiger partial charge in [0, 0.05) is 0 Å². The summed E-state index contributed by atoms with van der Waals surface area (Å²) in [7, 11) is 0. The Hall–Kier alpha value is -2.27. The van der Waals surface area contributed by atoms with Crippen molar-refractivity contribution >= 4 is 5.91 Å². The van der Waals surface area contributed by atoms with E-state index >= 15 is 0 Å². The fourth-order valence-electron chi connectivity index (χ4n) is 3.02. The Labute approximate surface area is 145 Å². The molecule has 0 heterocycles. The van der Waals surface area contributed by atoms with Crippen LogP contribution in [0.25, 0.3) is 0 Å². The summed E-state index contributed by atoms with van der Waals surface area (Å²) in [6.07, 6.45) is 1.92. The molecule has 3 nitrogen and oxygen atoms in total. The van der Waals surface area contributed by atoms with Gasteiger partial charge in [-0.15, -0.1) is 0 Å². The number of hydrogen-bond acceptors (Lipinski definition) is 2. The largest absolute Gasteiger partial charge is 0.384 e. The van der Waals surface area contributed by atoms with Crippen molar-refractivity contribution in [3.8, 4) is 0 Å². The monoisotopic (exact) mass is 345 g/mol. The van der Waals surface area contributed by atoms with Crippen LogP contribution in [0, 0.1) is 17.6 Å². The van der Waals surface area contributed by atoms with Gasteiger partial charge >= 0.3 is 0 Å². The fraction of sp³-hybridized carbons (Fsp3) is 0.350. The summed E-state index contributed by atoms with van der Waals surface area (Å²) in [6.45, 7) is 1.59. The molecule has 2 atom stereocenters. The molecule has 0 radical (unpaired) electrons. The standard InChI is InChI=1S/C20H21F2NO2/c1-20(25,15-6-10-17(22)11-7-15)12-23-19(24)18(13-2-3-13)14-4-8-16(21)9-5-14/h4-11,13,18,25H,2-3,12H2,1H3,(H,23,24). The number of rotatable bonds is 6. The van der Waals surface area contributed by atoms with Crippen LogP contribution in [0.1, 0.15) is 36.8 Å². The zero-order valence-corrected chi connectivity index (χ0v) is 14.0. The average molecular weight is 345 g/mol. The predicted octanol–water partition coefficient (Wildman–Crippen LogP) is 3.48. The molecule has 0 aromatic heterocycles. The quantitative estimate of drug-likeness (QED) is 0.842. The molecule has 0 aliphatic heterocycles. The molecule has 0 bridgehead atoms. The molecule has 2 N–H and O–H groups in total. The highest BCUT2D eigenvalue weighted by molar-refractivity contribution is 5.84. The molecule has 132 valence electrons. The first-order valence-corrected chi connectivity index (χ1v) is 8.38. The fourth-order valence-corrected chi connectivity index (χ4v) is 3.02. The van der Waals surface area contributed by atoms with Gasteiger partial charge in [-0.2, -0.15) is 0 Å². The Morgan fingerprint density at radius 3 is 2.16 bits per heavy atom. The van der Waals surface area contributed by atoms with Crippen LogP contribution in [-0.4, -0.2) is 17.6 Å². The van der Waals surface area contributed by atoms with Crippen molar-refractivity contribution in [2.45, 2.75) is 31.3 Å². The Balaban J connectivity index is 1.69. The van der Waals surface area contributed by atoms with Gasteiger partial charge in [0.15, 0.2) is 0 Å². The van der Waals surface area contributed by atoms with Crippen molar-refractivity contribution < 1.29 is 18.7 Å². The number of nitrogens with one attached hydrogen (secondary N) is 1. The highest BCUT2D eigenvalue weighted by Crippen LogP contribution is 2.42. The van der Waals surface area contributed by atoms with Crippen LogP contribution in [0.5, 0.6) is 0 Å². The van der Waals surface area contributed by atoms with Gasteiger partial charge in [0.05, 0.1) is 12.5 Å².